The summed E-state index contributed by atoms with van der Waals surface area (Å²) in [6.45, 7) is 1.98. The quantitative estimate of drug-likeness (QED) is 0.586. The van der Waals surface area contributed by atoms with Crippen LogP contribution in [0.25, 0.3) is 10.9 Å². The molecule has 0 spiro atoms. The van der Waals surface area contributed by atoms with Crippen LogP contribution < -0.4 is 24.8 Å². The van der Waals surface area contributed by atoms with Crippen LogP contribution in [0.4, 0.5) is 5.69 Å². The molecule has 1 amide bonds. The van der Waals surface area contributed by atoms with E-state index in [1.807, 2.05) is 30.3 Å². The van der Waals surface area contributed by atoms with Crippen molar-refractivity contribution in [2.45, 2.75) is 38.3 Å². The third-order valence-corrected chi connectivity index (χ3v) is 6.51. The first kappa shape index (κ1) is 21.5. The van der Waals surface area contributed by atoms with Gasteiger partial charge in [-0.05, 0) is 67.6 Å². The number of amides is 1. The van der Waals surface area contributed by atoms with Crippen molar-refractivity contribution in [3.8, 4) is 17.2 Å². The van der Waals surface area contributed by atoms with Gasteiger partial charge in [-0.2, -0.15) is 0 Å². The van der Waals surface area contributed by atoms with Gasteiger partial charge < -0.3 is 24.8 Å². The minimum absolute atomic E-state index is 0.0196. The molecule has 1 aliphatic heterocycles. The highest BCUT2D eigenvalue weighted by Crippen LogP contribution is 2.32. The summed E-state index contributed by atoms with van der Waals surface area (Å²) in [5.41, 5.74) is 2.79. The number of hydrogen-bond acceptors (Lipinski definition) is 6. The van der Waals surface area contributed by atoms with E-state index in [9.17, 15) is 4.79 Å². The lowest BCUT2D eigenvalue weighted by atomic mass is 9.85. The minimum Gasteiger partial charge on any atom is -0.497 e. The number of rotatable bonds is 6. The van der Waals surface area contributed by atoms with Crippen LogP contribution in [-0.4, -0.2) is 37.3 Å². The Balaban J connectivity index is 1.14. The van der Waals surface area contributed by atoms with Crippen molar-refractivity contribution in [1.29, 1.82) is 0 Å². The lowest BCUT2D eigenvalue weighted by Gasteiger charge is -2.29. The Morgan fingerprint density at radius 1 is 1.03 bits per heavy atom. The predicted molar refractivity (Wildman–Crippen MR) is 127 cm³/mol. The predicted octanol–water partition coefficient (Wildman–Crippen LogP) is 4.30. The zero-order valence-corrected chi connectivity index (χ0v) is 18.8. The molecule has 7 heteroatoms. The lowest BCUT2D eigenvalue weighted by molar-refractivity contribution is -0.120. The van der Waals surface area contributed by atoms with Gasteiger partial charge >= 0.3 is 0 Å². The maximum Gasteiger partial charge on any atom is 0.227 e. The number of nitrogens with zero attached hydrogens (tertiary/aromatic N) is 1. The van der Waals surface area contributed by atoms with Crippen molar-refractivity contribution >= 4 is 22.5 Å². The number of carbonyl (C=O) groups is 1. The first-order valence-corrected chi connectivity index (χ1v) is 11.5. The van der Waals surface area contributed by atoms with Gasteiger partial charge in [0.25, 0.3) is 0 Å². The number of fused-ring (bicyclic) bond motifs is 2. The van der Waals surface area contributed by atoms with Crippen LogP contribution in [-0.2, 0) is 11.3 Å². The van der Waals surface area contributed by atoms with Gasteiger partial charge in [0.2, 0.25) is 5.91 Å². The summed E-state index contributed by atoms with van der Waals surface area (Å²) in [5.74, 6) is 2.48. The zero-order valence-electron chi connectivity index (χ0n) is 18.8. The number of methoxy groups -OCH3 is 1. The van der Waals surface area contributed by atoms with E-state index in [4.69, 9.17) is 14.2 Å². The fourth-order valence-corrected chi connectivity index (χ4v) is 4.62. The fraction of sp³-hybridized carbons (Fsp3) is 0.385. The fourth-order valence-electron chi connectivity index (χ4n) is 4.62. The van der Waals surface area contributed by atoms with Crippen LogP contribution in [0.15, 0.2) is 48.7 Å². The van der Waals surface area contributed by atoms with Crippen LogP contribution in [0, 0.1) is 5.92 Å². The average molecular weight is 448 g/mol. The van der Waals surface area contributed by atoms with Crippen LogP contribution in [0.2, 0.25) is 0 Å². The van der Waals surface area contributed by atoms with E-state index >= 15 is 0 Å². The maximum absolute atomic E-state index is 13.0. The van der Waals surface area contributed by atoms with E-state index in [1.165, 1.54) is 5.56 Å². The summed E-state index contributed by atoms with van der Waals surface area (Å²) in [6.07, 6.45) is 5.43. The monoisotopic (exact) mass is 447 g/mol. The summed E-state index contributed by atoms with van der Waals surface area (Å²) >= 11 is 0. The number of hydrogen-bond donors (Lipinski definition) is 2. The normalized spacial score (nSPS) is 19.8. The largest absolute Gasteiger partial charge is 0.497 e. The van der Waals surface area contributed by atoms with Gasteiger partial charge in [0.1, 0.15) is 19.0 Å². The summed E-state index contributed by atoms with van der Waals surface area (Å²) in [7, 11) is 1.63. The highest BCUT2D eigenvalue weighted by molar-refractivity contribution is 6.02. The van der Waals surface area contributed by atoms with Gasteiger partial charge in [-0.1, -0.05) is 6.07 Å². The van der Waals surface area contributed by atoms with Crippen LogP contribution >= 0.6 is 0 Å². The number of pyridine rings is 1. The number of carbonyl (C=O) groups excluding carboxylic acids is 1. The second-order valence-corrected chi connectivity index (χ2v) is 8.64. The van der Waals surface area contributed by atoms with Gasteiger partial charge in [0.15, 0.2) is 11.5 Å². The van der Waals surface area contributed by atoms with E-state index in [-0.39, 0.29) is 11.8 Å². The Morgan fingerprint density at radius 3 is 2.67 bits per heavy atom. The molecule has 2 aromatic carbocycles. The third-order valence-electron chi connectivity index (χ3n) is 6.51. The Bertz CT molecular complexity index is 1140. The highest BCUT2D eigenvalue weighted by Gasteiger charge is 2.26. The standard InChI is InChI=1S/C26H29N3O4/c1-31-20-7-8-22-21(15-20)23(10-11-27-22)29-26(30)18-3-5-19(6-4-18)28-16-17-2-9-24-25(14-17)33-13-12-32-24/h2,7-11,14-15,18-19,28H,3-6,12-13,16H2,1H3,(H,27,29,30). The molecule has 5 rings (SSSR count). The Hall–Kier alpha value is -3.32. The van der Waals surface area contributed by atoms with Crippen molar-refractivity contribution in [2.75, 3.05) is 25.6 Å². The molecule has 2 N–H and O–H groups in total. The maximum atomic E-state index is 13.0. The molecular weight excluding hydrogens is 418 g/mol. The van der Waals surface area contributed by atoms with Crippen LogP contribution in [0.1, 0.15) is 31.2 Å². The molecule has 172 valence electrons. The van der Waals surface area contributed by atoms with Crippen molar-refractivity contribution < 1.29 is 19.0 Å². The second-order valence-electron chi connectivity index (χ2n) is 8.64. The molecule has 1 aromatic heterocycles. The van der Waals surface area contributed by atoms with Gasteiger partial charge in [0, 0.05) is 30.1 Å². The van der Waals surface area contributed by atoms with Gasteiger partial charge in [0.05, 0.1) is 18.3 Å². The summed E-state index contributed by atoms with van der Waals surface area (Å²) in [5, 5.41) is 7.66. The zero-order chi connectivity index (χ0) is 22.6. The summed E-state index contributed by atoms with van der Waals surface area (Å²) in [6, 6.07) is 14.1. The number of ether oxygens (including phenoxy) is 3. The summed E-state index contributed by atoms with van der Waals surface area (Å²) in [4.78, 5) is 17.4. The van der Waals surface area contributed by atoms with Gasteiger partial charge in [-0.25, -0.2) is 0 Å². The topological polar surface area (TPSA) is 81.7 Å². The minimum atomic E-state index is 0.0196. The van der Waals surface area contributed by atoms with Crippen molar-refractivity contribution in [3.63, 3.8) is 0 Å². The highest BCUT2D eigenvalue weighted by atomic mass is 16.6. The van der Waals surface area contributed by atoms with E-state index in [0.29, 0.717) is 19.3 Å². The molecule has 2 heterocycles. The van der Waals surface area contributed by atoms with E-state index in [1.54, 1.807) is 13.3 Å². The number of aromatic nitrogens is 1. The molecule has 0 bridgehead atoms. The Kier molecular flexibility index (Phi) is 6.30. The smallest absolute Gasteiger partial charge is 0.227 e. The average Bonchev–Trinajstić information content (AvgIpc) is 2.87. The van der Waals surface area contributed by atoms with E-state index in [0.717, 1.165) is 66.1 Å². The number of nitrogens with one attached hydrogen (secondary N) is 2. The van der Waals surface area contributed by atoms with Gasteiger partial charge in [-0.3, -0.25) is 9.78 Å². The first-order chi connectivity index (χ1) is 16.2. The Labute approximate surface area is 193 Å². The van der Waals surface area contributed by atoms with E-state index in [2.05, 4.69) is 27.8 Å². The number of benzene rings is 2. The molecule has 1 fully saturated rings. The summed E-state index contributed by atoms with van der Waals surface area (Å²) < 4.78 is 16.6. The molecular formula is C26H29N3O4. The molecule has 0 atom stereocenters. The first-order valence-electron chi connectivity index (χ1n) is 11.5. The molecule has 1 saturated carbocycles. The van der Waals surface area contributed by atoms with Crippen molar-refractivity contribution in [1.82, 2.24) is 10.3 Å². The molecule has 7 nitrogen and oxygen atoms in total. The molecule has 0 radical (unpaired) electrons. The molecule has 1 aliphatic carbocycles. The molecule has 3 aromatic rings. The number of anilines is 1. The lowest BCUT2D eigenvalue weighted by Crippen LogP contribution is -2.36. The second kappa shape index (κ2) is 9.67. The van der Waals surface area contributed by atoms with Gasteiger partial charge in [-0.15, -0.1) is 0 Å². The molecule has 0 unspecified atom stereocenters. The van der Waals surface area contributed by atoms with Crippen molar-refractivity contribution in [2.24, 2.45) is 5.92 Å². The third kappa shape index (κ3) is 4.88. The van der Waals surface area contributed by atoms with E-state index < -0.39 is 0 Å². The van der Waals surface area contributed by atoms with Crippen LogP contribution in [0.5, 0.6) is 17.2 Å². The van der Waals surface area contributed by atoms with Crippen molar-refractivity contribution in [3.05, 3.63) is 54.2 Å². The van der Waals surface area contributed by atoms with Crippen LogP contribution in [0.3, 0.4) is 0 Å². The SMILES string of the molecule is COc1ccc2nccc(NC(=O)C3CCC(NCc4ccc5c(c4)OCCO5)CC3)c2c1. The molecule has 2 aliphatic rings. The molecule has 33 heavy (non-hydrogen) atoms. The Morgan fingerprint density at radius 2 is 1.85 bits per heavy atom. The molecule has 0 saturated heterocycles.